The van der Waals surface area contributed by atoms with Crippen LogP contribution < -0.4 is 5.32 Å². The average molecular weight is 254 g/mol. The maximum Gasteiger partial charge on any atom is 0.317 e. The maximum atomic E-state index is 11.9. The lowest BCUT2D eigenvalue weighted by atomic mass is 10.0. The molecule has 0 aromatic rings. The van der Waals surface area contributed by atoms with Gasteiger partial charge < -0.3 is 15.0 Å². The molecule has 1 aliphatic carbocycles. The van der Waals surface area contributed by atoms with E-state index in [4.69, 9.17) is 4.74 Å². The Balaban J connectivity index is 1.56. The first kappa shape index (κ1) is 13.7. The van der Waals surface area contributed by atoms with E-state index in [1.54, 1.807) is 0 Å². The van der Waals surface area contributed by atoms with Gasteiger partial charge in [0.05, 0.1) is 12.7 Å². The molecule has 0 bridgehead atoms. The monoisotopic (exact) mass is 254 g/mol. The van der Waals surface area contributed by atoms with Crippen LogP contribution in [0.25, 0.3) is 0 Å². The highest BCUT2D eigenvalue weighted by Crippen LogP contribution is 2.20. The van der Waals surface area contributed by atoms with E-state index in [0.29, 0.717) is 25.2 Å². The molecule has 1 unspecified atom stereocenters. The van der Waals surface area contributed by atoms with Crippen LogP contribution in [0, 0.1) is 5.92 Å². The first-order valence-electron chi connectivity index (χ1n) is 7.40. The minimum absolute atomic E-state index is 0.0802. The van der Waals surface area contributed by atoms with Crippen LogP contribution in [0.3, 0.4) is 0 Å². The van der Waals surface area contributed by atoms with Gasteiger partial charge in [0, 0.05) is 19.6 Å². The summed E-state index contributed by atoms with van der Waals surface area (Å²) in [6.07, 6.45) is 7.79. The van der Waals surface area contributed by atoms with Gasteiger partial charge in [0.15, 0.2) is 0 Å². The zero-order valence-electron chi connectivity index (χ0n) is 11.5. The molecular formula is C14H26N2O2. The number of amides is 2. The number of rotatable bonds is 4. The summed E-state index contributed by atoms with van der Waals surface area (Å²) in [5.41, 5.74) is 0. The van der Waals surface area contributed by atoms with Gasteiger partial charge in [0.1, 0.15) is 0 Å². The van der Waals surface area contributed by atoms with Gasteiger partial charge in [0.25, 0.3) is 0 Å². The lowest BCUT2D eigenvalue weighted by molar-refractivity contribution is 0.0602. The van der Waals surface area contributed by atoms with Gasteiger partial charge in [-0.1, -0.05) is 19.8 Å². The van der Waals surface area contributed by atoms with Crippen LogP contribution in [-0.4, -0.2) is 43.3 Å². The Morgan fingerprint density at radius 3 is 2.78 bits per heavy atom. The molecule has 0 aromatic carbocycles. The quantitative estimate of drug-likeness (QED) is 0.783. The SMILES string of the molecule is CC1CCCN(C(=O)NCCOC2CCCC2)C1. The number of carbonyl (C=O) groups excluding carboxylic acids is 1. The highest BCUT2D eigenvalue weighted by atomic mass is 16.5. The van der Waals surface area contributed by atoms with Crippen molar-refractivity contribution in [1.82, 2.24) is 10.2 Å². The second kappa shape index (κ2) is 6.98. The van der Waals surface area contributed by atoms with Crippen LogP contribution in [0.5, 0.6) is 0 Å². The predicted molar refractivity (Wildman–Crippen MR) is 71.6 cm³/mol. The standard InChI is InChI=1S/C14H26N2O2/c1-12-5-4-9-16(11-12)14(17)15-8-10-18-13-6-2-3-7-13/h12-13H,2-11H2,1H3,(H,15,17). The molecule has 2 rings (SSSR count). The third-order valence-electron chi connectivity index (χ3n) is 3.98. The van der Waals surface area contributed by atoms with Crippen LogP contribution in [0.1, 0.15) is 45.4 Å². The number of ether oxygens (including phenoxy) is 1. The molecule has 0 spiro atoms. The number of carbonyl (C=O) groups is 1. The molecule has 1 N–H and O–H groups in total. The molecule has 4 heteroatoms. The van der Waals surface area contributed by atoms with Crippen LogP contribution in [0.4, 0.5) is 4.79 Å². The van der Waals surface area contributed by atoms with Crippen molar-refractivity contribution in [3.05, 3.63) is 0 Å². The third-order valence-corrected chi connectivity index (χ3v) is 3.98. The summed E-state index contributed by atoms with van der Waals surface area (Å²) < 4.78 is 5.73. The fraction of sp³-hybridized carbons (Fsp3) is 0.929. The van der Waals surface area contributed by atoms with Crippen molar-refractivity contribution in [2.24, 2.45) is 5.92 Å². The van der Waals surface area contributed by atoms with Crippen LogP contribution >= 0.6 is 0 Å². The van der Waals surface area contributed by atoms with E-state index >= 15 is 0 Å². The smallest absolute Gasteiger partial charge is 0.317 e. The van der Waals surface area contributed by atoms with Crippen molar-refractivity contribution >= 4 is 6.03 Å². The van der Waals surface area contributed by atoms with Crippen molar-refractivity contribution in [1.29, 1.82) is 0 Å². The number of urea groups is 1. The zero-order chi connectivity index (χ0) is 12.8. The van der Waals surface area contributed by atoms with E-state index in [1.807, 2.05) is 4.90 Å². The van der Waals surface area contributed by atoms with Crippen LogP contribution in [-0.2, 0) is 4.74 Å². The minimum atomic E-state index is 0.0802. The van der Waals surface area contributed by atoms with Crippen LogP contribution in [0.15, 0.2) is 0 Å². The van der Waals surface area contributed by atoms with Crippen molar-refractivity contribution in [2.45, 2.75) is 51.6 Å². The Hall–Kier alpha value is -0.770. The van der Waals surface area contributed by atoms with E-state index in [2.05, 4.69) is 12.2 Å². The lowest BCUT2D eigenvalue weighted by Gasteiger charge is -2.31. The van der Waals surface area contributed by atoms with Crippen molar-refractivity contribution in [3.8, 4) is 0 Å². The summed E-state index contributed by atoms with van der Waals surface area (Å²) in [5.74, 6) is 0.638. The van der Waals surface area contributed by atoms with Crippen LogP contribution in [0.2, 0.25) is 0 Å². The summed E-state index contributed by atoms with van der Waals surface area (Å²) in [6.45, 7) is 5.30. The molecular weight excluding hydrogens is 228 g/mol. The number of hydrogen-bond acceptors (Lipinski definition) is 2. The number of likely N-dealkylation sites (tertiary alicyclic amines) is 1. The molecule has 2 fully saturated rings. The molecule has 2 amide bonds. The summed E-state index contributed by atoms with van der Waals surface area (Å²) >= 11 is 0. The van der Waals surface area contributed by atoms with Gasteiger partial charge in [-0.25, -0.2) is 4.79 Å². The molecule has 18 heavy (non-hydrogen) atoms. The topological polar surface area (TPSA) is 41.6 Å². The number of piperidine rings is 1. The second-order valence-electron chi connectivity index (χ2n) is 5.70. The zero-order valence-corrected chi connectivity index (χ0v) is 11.5. The highest BCUT2D eigenvalue weighted by Gasteiger charge is 2.20. The highest BCUT2D eigenvalue weighted by molar-refractivity contribution is 5.74. The van der Waals surface area contributed by atoms with Gasteiger partial charge >= 0.3 is 6.03 Å². The van der Waals surface area contributed by atoms with Gasteiger partial charge in [-0.15, -0.1) is 0 Å². The van der Waals surface area contributed by atoms with Crippen molar-refractivity contribution < 1.29 is 9.53 Å². The number of nitrogens with one attached hydrogen (secondary N) is 1. The summed E-state index contributed by atoms with van der Waals surface area (Å²) in [7, 11) is 0. The molecule has 1 saturated carbocycles. The number of hydrogen-bond donors (Lipinski definition) is 1. The summed E-state index contributed by atoms with van der Waals surface area (Å²) in [4.78, 5) is 13.8. The molecule has 0 aromatic heterocycles. The number of nitrogens with zero attached hydrogens (tertiary/aromatic N) is 1. The molecule has 1 heterocycles. The van der Waals surface area contributed by atoms with E-state index < -0.39 is 0 Å². The Morgan fingerprint density at radius 2 is 2.06 bits per heavy atom. The Labute approximate surface area is 110 Å². The summed E-state index contributed by atoms with van der Waals surface area (Å²) in [6, 6.07) is 0.0802. The molecule has 1 aliphatic heterocycles. The molecule has 1 saturated heterocycles. The Morgan fingerprint density at radius 1 is 1.28 bits per heavy atom. The second-order valence-corrected chi connectivity index (χ2v) is 5.70. The Kier molecular flexibility index (Phi) is 5.29. The molecule has 4 nitrogen and oxygen atoms in total. The molecule has 0 radical (unpaired) electrons. The van der Waals surface area contributed by atoms with Crippen molar-refractivity contribution in [2.75, 3.05) is 26.2 Å². The lowest BCUT2D eigenvalue weighted by Crippen LogP contribution is -2.45. The fourth-order valence-corrected chi connectivity index (χ4v) is 2.92. The predicted octanol–water partition coefficient (Wildman–Crippen LogP) is 2.39. The average Bonchev–Trinajstić information content (AvgIpc) is 2.87. The van der Waals surface area contributed by atoms with E-state index in [0.717, 1.165) is 19.5 Å². The van der Waals surface area contributed by atoms with Gasteiger partial charge in [-0.05, 0) is 31.6 Å². The fourth-order valence-electron chi connectivity index (χ4n) is 2.92. The van der Waals surface area contributed by atoms with E-state index in [1.165, 1.54) is 32.1 Å². The molecule has 104 valence electrons. The van der Waals surface area contributed by atoms with Crippen molar-refractivity contribution in [3.63, 3.8) is 0 Å². The third kappa shape index (κ3) is 4.16. The molecule has 2 aliphatic rings. The van der Waals surface area contributed by atoms with Gasteiger partial charge in [-0.2, -0.15) is 0 Å². The Bertz CT molecular complexity index is 265. The summed E-state index contributed by atoms with van der Waals surface area (Å²) in [5, 5.41) is 2.96. The normalized spacial score (nSPS) is 25.4. The molecule has 1 atom stereocenters. The van der Waals surface area contributed by atoms with Gasteiger partial charge in [-0.3, -0.25) is 0 Å². The first-order valence-corrected chi connectivity index (χ1v) is 7.40. The van der Waals surface area contributed by atoms with E-state index in [-0.39, 0.29) is 6.03 Å². The van der Waals surface area contributed by atoms with E-state index in [9.17, 15) is 4.79 Å². The maximum absolute atomic E-state index is 11.9. The first-order chi connectivity index (χ1) is 8.75. The largest absolute Gasteiger partial charge is 0.376 e. The van der Waals surface area contributed by atoms with Gasteiger partial charge in [0.2, 0.25) is 0 Å². The minimum Gasteiger partial charge on any atom is -0.376 e.